The Morgan fingerprint density at radius 3 is 2.67 bits per heavy atom. The second kappa shape index (κ2) is 10.0. The normalized spacial score (nSPS) is 11.7. The number of nitro groups is 1. The number of nitrogens with zero attached hydrogens (tertiary/aromatic N) is 6. The summed E-state index contributed by atoms with van der Waals surface area (Å²) in [5.41, 5.74) is 1.46. The Labute approximate surface area is 208 Å². The molecule has 0 aliphatic rings. The Bertz CT molecular complexity index is 1410. The van der Waals surface area contributed by atoms with E-state index in [4.69, 9.17) is 9.47 Å². The van der Waals surface area contributed by atoms with Crippen molar-refractivity contribution in [3.8, 4) is 17.0 Å². The molecule has 0 aliphatic heterocycles. The highest BCUT2D eigenvalue weighted by molar-refractivity contribution is 6.76. The number of aryl methyl sites for hydroxylation is 1. The van der Waals surface area contributed by atoms with Crippen molar-refractivity contribution < 1.29 is 18.8 Å². The van der Waals surface area contributed by atoms with Gasteiger partial charge in [-0.3, -0.25) is 14.8 Å². The van der Waals surface area contributed by atoms with Crippen LogP contribution >= 0.6 is 0 Å². The standard InChI is InChI=1S/C23H28FN7O4Si/c1-29-13-15(12-25-29)21-16-6-7-30(14-35-8-9-36(3,4)5)22(16)28-23(27-21)26-18-11-19(31(32)33)17(24)10-20(18)34-2/h6-7,10-13H,8-9,14H2,1-5H3,(H,26,27,28). The minimum absolute atomic E-state index is 0.0785. The van der Waals surface area contributed by atoms with Crippen molar-refractivity contribution in [2.45, 2.75) is 32.4 Å². The van der Waals surface area contributed by atoms with Crippen LogP contribution in [0.1, 0.15) is 0 Å². The highest BCUT2D eigenvalue weighted by Crippen LogP contribution is 2.35. The fourth-order valence-electron chi connectivity index (χ4n) is 3.60. The zero-order valence-electron chi connectivity index (χ0n) is 20.8. The Hall–Kier alpha value is -3.84. The van der Waals surface area contributed by atoms with E-state index in [0.717, 1.165) is 29.1 Å². The van der Waals surface area contributed by atoms with Crippen LogP contribution < -0.4 is 10.1 Å². The molecule has 13 heteroatoms. The molecule has 0 saturated carbocycles. The van der Waals surface area contributed by atoms with Crippen molar-refractivity contribution in [2.24, 2.45) is 7.05 Å². The lowest BCUT2D eigenvalue weighted by Crippen LogP contribution is -2.22. The second-order valence-corrected chi connectivity index (χ2v) is 15.2. The highest BCUT2D eigenvalue weighted by Gasteiger charge is 2.21. The van der Waals surface area contributed by atoms with E-state index in [1.54, 1.807) is 17.9 Å². The molecule has 1 aromatic carbocycles. The molecule has 4 aromatic rings. The third-order valence-electron chi connectivity index (χ3n) is 5.54. The van der Waals surface area contributed by atoms with Gasteiger partial charge in [-0.05, 0) is 12.1 Å². The van der Waals surface area contributed by atoms with Gasteiger partial charge in [0.1, 0.15) is 18.1 Å². The van der Waals surface area contributed by atoms with Crippen LogP contribution in [0, 0.1) is 15.9 Å². The van der Waals surface area contributed by atoms with Gasteiger partial charge in [-0.15, -0.1) is 0 Å². The molecule has 0 aliphatic carbocycles. The van der Waals surface area contributed by atoms with Crippen LogP contribution in [0.15, 0.2) is 36.8 Å². The van der Waals surface area contributed by atoms with Gasteiger partial charge in [-0.25, -0.2) is 4.98 Å². The molecule has 0 unspecified atom stereocenters. The van der Waals surface area contributed by atoms with Crippen molar-refractivity contribution in [3.05, 3.63) is 52.7 Å². The number of anilines is 2. The summed E-state index contributed by atoms with van der Waals surface area (Å²) in [5, 5.41) is 19.3. The van der Waals surface area contributed by atoms with E-state index < -0.39 is 24.5 Å². The van der Waals surface area contributed by atoms with Crippen LogP contribution in [-0.2, 0) is 18.5 Å². The maximum atomic E-state index is 14.1. The Kier molecular flexibility index (Phi) is 7.04. The van der Waals surface area contributed by atoms with Crippen molar-refractivity contribution in [2.75, 3.05) is 19.0 Å². The van der Waals surface area contributed by atoms with Gasteiger partial charge >= 0.3 is 5.69 Å². The SMILES string of the molecule is COc1cc(F)c([N+](=O)[O-])cc1Nc1nc(-c2cnn(C)c2)c2ccn(COCC[Si](C)(C)C)c2n1. The van der Waals surface area contributed by atoms with E-state index in [2.05, 4.69) is 40.0 Å². The maximum absolute atomic E-state index is 14.1. The van der Waals surface area contributed by atoms with Crippen LogP contribution in [0.25, 0.3) is 22.3 Å². The molecule has 1 N–H and O–H groups in total. The van der Waals surface area contributed by atoms with Gasteiger partial charge in [0.05, 0.1) is 29.6 Å². The molecule has 0 fully saturated rings. The zero-order valence-corrected chi connectivity index (χ0v) is 21.8. The first-order valence-corrected chi connectivity index (χ1v) is 15.0. The average Bonchev–Trinajstić information content (AvgIpc) is 3.42. The summed E-state index contributed by atoms with van der Waals surface area (Å²) in [4.78, 5) is 19.8. The van der Waals surface area contributed by atoms with E-state index >= 15 is 0 Å². The molecule has 36 heavy (non-hydrogen) atoms. The summed E-state index contributed by atoms with van der Waals surface area (Å²) in [5.74, 6) is -0.767. The summed E-state index contributed by atoms with van der Waals surface area (Å²) in [6.45, 7) is 7.84. The number of halogens is 1. The first-order valence-electron chi connectivity index (χ1n) is 11.3. The largest absolute Gasteiger partial charge is 0.494 e. The van der Waals surface area contributed by atoms with E-state index in [-0.39, 0.29) is 17.4 Å². The number of nitro benzene ring substituents is 1. The first kappa shape index (κ1) is 25.3. The number of rotatable bonds is 10. The van der Waals surface area contributed by atoms with E-state index in [1.165, 1.54) is 7.11 Å². The van der Waals surface area contributed by atoms with Crippen molar-refractivity contribution >= 4 is 36.4 Å². The summed E-state index contributed by atoms with van der Waals surface area (Å²) in [7, 11) is 1.93. The van der Waals surface area contributed by atoms with Gasteiger partial charge in [0.25, 0.3) is 0 Å². The molecule has 0 amide bonds. The van der Waals surface area contributed by atoms with Gasteiger partial charge in [0.15, 0.2) is 0 Å². The van der Waals surface area contributed by atoms with Crippen LogP contribution in [0.4, 0.5) is 21.7 Å². The lowest BCUT2D eigenvalue weighted by Gasteiger charge is -2.16. The maximum Gasteiger partial charge on any atom is 0.307 e. The number of fused-ring (bicyclic) bond motifs is 1. The smallest absolute Gasteiger partial charge is 0.307 e. The highest BCUT2D eigenvalue weighted by atomic mass is 28.3. The van der Waals surface area contributed by atoms with Crippen molar-refractivity contribution in [1.29, 1.82) is 0 Å². The number of benzene rings is 1. The molecule has 0 atom stereocenters. The first-order chi connectivity index (χ1) is 17.1. The quantitative estimate of drug-likeness (QED) is 0.137. The molecule has 3 aromatic heterocycles. The summed E-state index contributed by atoms with van der Waals surface area (Å²) in [6, 6.07) is 4.96. The van der Waals surface area contributed by atoms with Gasteiger partial charge in [-0.2, -0.15) is 14.5 Å². The molecule has 190 valence electrons. The lowest BCUT2D eigenvalue weighted by molar-refractivity contribution is -0.387. The van der Waals surface area contributed by atoms with E-state index in [1.807, 2.05) is 23.0 Å². The predicted molar refractivity (Wildman–Crippen MR) is 137 cm³/mol. The molecule has 11 nitrogen and oxygen atoms in total. The third-order valence-corrected chi connectivity index (χ3v) is 7.24. The van der Waals surface area contributed by atoms with Gasteiger partial charge < -0.3 is 19.4 Å². The molecule has 3 heterocycles. The number of hydrogen-bond acceptors (Lipinski definition) is 8. The van der Waals surface area contributed by atoms with Crippen LogP contribution in [0.5, 0.6) is 5.75 Å². The topological polar surface area (TPSA) is 122 Å². The van der Waals surface area contributed by atoms with Gasteiger partial charge in [0, 0.05) is 57.2 Å². The van der Waals surface area contributed by atoms with Crippen LogP contribution in [0.3, 0.4) is 0 Å². The predicted octanol–water partition coefficient (Wildman–Crippen LogP) is 4.94. The van der Waals surface area contributed by atoms with Crippen molar-refractivity contribution in [3.63, 3.8) is 0 Å². The second-order valence-electron chi connectivity index (χ2n) is 9.56. The molecule has 0 bridgehead atoms. The molecular weight excluding hydrogens is 485 g/mol. The summed E-state index contributed by atoms with van der Waals surface area (Å²) < 4.78 is 28.8. The fraction of sp³-hybridized carbons (Fsp3) is 0.348. The average molecular weight is 514 g/mol. The fourth-order valence-corrected chi connectivity index (χ4v) is 4.36. The number of methoxy groups -OCH3 is 1. The van der Waals surface area contributed by atoms with Crippen LogP contribution in [-0.4, -0.2) is 51.0 Å². The molecule has 0 radical (unpaired) electrons. The summed E-state index contributed by atoms with van der Waals surface area (Å²) >= 11 is 0. The van der Waals surface area contributed by atoms with Crippen molar-refractivity contribution in [1.82, 2.24) is 24.3 Å². The van der Waals surface area contributed by atoms with Crippen LogP contribution in [0.2, 0.25) is 25.7 Å². The number of nitrogens with one attached hydrogen (secondary N) is 1. The minimum Gasteiger partial charge on any atom is -0.494 e. The molecular formula is C23H28FN7O4Si. The minimum atomic E-state index is -1.23. The van der Waals surface area contributed by atoms with Gasteiger partial charge in [-0.1, -0.05) is 19.6 Å². The molecule has 0 spiro atoms. The number of aromatic nitrogens is 5. The van der Waals surface area contributed by atoms with E-state index in [0.29, 0.717) is 24.7 Å². The zero-order chi connectivity index (χ0) is 26.0. The monoisotopic (exact) mass is 513 g/mol. The Balaban J connectivity index is 1.75. The van der Waals surface area contributed by atoms with E-state index in [9.17, 15) is 14.5 Å². The third kappa shape index (κ3) is 5.52. The lowest BCUT2D eigenvalue weighted by atomic mass is 10.2. The number of ether oxygens (including phenoxy) is 2. The Morgan fingerprint density at radius 2 is 2.03 bits per heavy atom. The molecule has 4 rings (SSSR count). The van der Waals surface area contributed by atoms with Gasteiger partial charge in [0.2, 0.25) is 11.8 Å². The Morgan fingerprint density at radius 1 is 1.25 bits per heavy atom. The molecule has 0 saturated heterocycles. The summed E-state index contributed by atoms with van der Waals surface area (Å²) in [6.07, 6.45) is 5.40. The number of hydrogen-bond donors (Lipinski definition) is 1.